The molecule has 2 nitrogen and oxygen atoms in total. The second kappa shape index (κ2) is 1.91. The summed E-state index contributed by atoms with van der Waals surface area (Å²) < 4.78 is 0. The lowest BCUT2D eigenvalue weighted by Gasteiger charge is -2.36. The second-order valence-electron chi connectivity index (χ2n) is 3.25. The highest BCUT2D eigenvalue weighted by molar-refractivity contribution is 5.08. The Bertz CT molecular complexity index is 176. The van der Waals surface area contributed by atoms with Crippen LogP contribution in [0.1, 0.15) is 25.7 Å². The summed E-state index contributed by atoms with van der Waals surface area (Å²) in [5, 5.41) is 8.45. The summed E-state index contributed by atoms with van der Waals surface area (Å²) in [7, 11) is 0. The van der Waals surface area contributed by atoms with Gasteiger partial charge in [0.15, 0.2) is 0 Å². The fourth-order valence-corrected chi connectivity index (χ4v) is 1.76. The third kappa shape index (κ3) is 0.713. The highest BCUT2D eigenvalue weighted by Crippen LogP contribution is 2.39. The van der Waals surface area contributed by atoms with Gasteiger partial charge in [-0.3, -0.25) is 0 Å². The quantitative estimate of drug-likeness (QED) is 0.494. The molecule has 0 unspecified atom stereocenters. The molecule has 0 spiro atoms. The van der Waals surface area contributed by atoms with Gasteiger partial charge in [-0.1, -0.05) is 6.08 Å². The fourth-order valence-electron chi connectivity index (χ4n) is 1.76. The van der Waals surface area contributed by atoms with Gasteiger partial charge in [-0.2, -0.15) is 10.2 Å². The van der Waals surface area contributed by atoms with Crippen LogP contribution in [-0.4, -0.2) is 11.6 Å². The summed E-state index contributed by atoms with van der Waals surface area (Å²) in [6.45, 7) is 3.80. The van der Waals surface area contributed by atoms with Crippen LogP contribution in [0.2, 0.25) is 0 Å². The maximum absolute atomic E-state index is 4.25. The number of rotatable bonds is 1. The zero-order chi connectivity index (χ0) is 7.03. The summed E-state index contributed by atoms with van der Waals surface area (Å²) >= 11 is 0. The van der Waals surface area contributed by atoms with Gasteiger partial charge in [0.25, 0.3) is 0 Å². The van der Waals surface area contributed by atoms with E-state index in [1.807, 2.05) is 6.08 Å². The van der Waals surface area contributed by atoms with E-state index in [1.54, 1.807) is 0 Å². The Labute approximate surface area is 61.0 Å². The van der Waals surface area contributed by atoms with Crippen LogP contribution in [0.15, 0.2) is 22.9 Å². The Morgan fingerprint density at radius 1 is 1.40 bits per heavy atom. The van der Waals surface area contributed by atoms with Gasteiger partial charge in [0.05, 0.1) is 11.6 Å². The van der Waals surface area contributed by atoms with Gasteiger partial charge in [0.2, 0.25) is 0 Å². The Kier molecular flexibility index (Phi) is 1.16. The molecule has 3 aliphatic rings. The van der Waals surface area contributed by atoms with Gasteiger partial charge in [-0.05, 0) is 25.7 Å². The van der Waals surface area contributed by atoms with Crippen LogP contribution < -0.4 is 0 Å². The molecule has 0 aromatic heterocycles. The van der Waals surface area contributed by atoms with Crippen molar-refractivity contribution >= 4 is 0 Å². The Balaban J connectivity index is 2.30. The lowest BCUT2D eigenvalue weighted by Crippen LogP contribution is -2.35. The summed E-state index contributed by atoms with van der Waals surface area (Å²) in [5.74, 6) is 0. The smallest absolute Gasteiger partial charge is 0.0994 e. The standard InChI is InChI=1S/C8H12N2/c1-2-8-5-3-7(4-6-8)9-10-8/h2,7H,1,3-6H2. The summed E-state index contributed by atoms with van der Waals surface area (Å²) in [6, 6.07) is 0.543. The first-order chi connectivity index (χ1) is 4.85. The van der Waals surface area contributed by atoms with Crippen LogP contribution in [0.25, 0.3) is 0 Å². The predicted molar refractivity (Wildman–Crippen MR) is 40.0 cm³/mol. The van der Waals surface area contributed by atoms with Crippen molar-refractivity contribution in [2.45, 2.75) is 37.3 Å². The number of azo groups is 1. The highest BCUT2D eigenvalue weighted by Gasteiger charge is 2.36. The number of hydrogen-bond acceptors (Lipinski definition) is 2. The molecule has 2 heterocycles. The Morgan fingerprint density at radius 2 is 2.10 bits per heavy atom. The van der Waals surface area contributed by atoms with Crippen molar-refractivity contribution in [1.29, 1.82) is 0 Å². The third-order valence-corrected chi connectivity index (χ3v) is 2.62. The number of hydrogen-bond donors (Lipinski definition) is 0. The predicted octanol–water partition coefficient (Wildman–Crippen LogP) is 2.32. The first-order valence-corrected chi connectivity index (χ1v) is 3.90. The van der Waals surface area contributed by atoms with Crippen LogP contribution in [0.5, 0.6) is 0 Å². The van der Waals surface area contributed by atoms with Crippen molar-refractivity contribution in [3.05, 3.63) is 12.7 Å². The summed E-state index contributed by atoms with van der Waals surface area (Å²) in [5.41, 5.74) is 0.0503. The van der Waals surface area contributed by atoms with Crippen LogP contribution in [-0.2, 0) is 0 Å². The van der Waals surface area contributed by atoms with Crippen molar-refractivity contribution in [1.82, 2.24) is 0 Å². The topological polar surface area (TPSA) is 24.7 Å². The first-order valence-electron chi connectivity index (χ1n) is 3.90. The normalized spacial score (nSPS) is 43.8. The highest BCUT2D eigenvalue weighted by atomic mass is 15.2. The molecule has 0 atom stereocenters. The molecular weight excluding hydrogens is 124 g/mol. The van der Waals surface area contributed by atoms with Crippen LogP contribution in [0.3, 0.4) is 0 Å². The van der Waals surface area contributed by atoms with E-state index < -0.39 is 0 Å². The van der Waals surface area contributed by atoms with Gasteiger partial charge in [0.1, 0.15) is 0 Å². The Hall–Kier alpha value is -0.660. The zero-order valence-electron chi connectivity index (χ0n) is 6.08. The molecular formula is C8H12N2. The largest absolute Gasteiger partial charge is 0.190 e. The van der Waals surface area contributed by atoms with Crippen molar-refractivity contribution in [3.8, 4) is 0 Å². The van der Waals surface area contributed by atoms with Crippen molar-refractivity contribution in [2.24, 2.45) is 10.2 Å². The van der Waals surface area contributed by atoms with Crippen LogP contribution in [0, 0.1) is 0 Å². The molecule has 10 heavy (non-hydrogen) atoms. The minimum atomic E-state index is 0.0503. The minimum absolute atomic E-state index is 0.0503. The van der Waals surface area contributed by atoms with E-state index in [4.69, 9.17) is 0 Å². The van der Waals surface area contributed by atoms with Crippen molar-refractivity contribution in [2.75, 3.05) is 0 Å². The zero-order valence-corrected chi connectivity index (χ0v) is 6.08. The van der Waals surface area contributed by atoms with Crippen molar-refractivity contribution in [3.63, 3.8) is 0 Å². The maximum atomic E-state index is 4.25. The molecule has 0 aromatic carbocycles. The first kappa shape index (κ1) is 6.08. The van der Waals surface area contributed by atoms with Gasteiger partial charge in [-0.25, -0.2) is 0 Å². The summed E-state index contributed by atoms with van der Waals surface area (Å²) in [4.78, 5) is 0. The molecule has 54 valence electrons. The molecule has 1 fully saturated rings. The SMILES string of the molecule is C=CC12CCC(CC1)N=N2. The summed E-state index contributed by atoms with van der Waals surface area (Å²) in [6.07, 6.45) is 6.74. The molecule has 1 aliphatic carbocycles. The molecule has 0 radical (unpaired) electrons. The van der Waals surface area contributed by atoms with Crippen molar-refractivity contribution < 1.29 is 0 Å². The van der Waals surface area contributed by atoms with Crippen LogP contribution in [0.4, 0.5) is 0 Å². The molecule has 0 amide bonds. The van der Waals surface area contributed by atoms with Gasteiger partial charge < -0.3 is 0 Å². The lowest BCUT2D eigenvalue weighted by molar-refractivity contribution is 0.260. The van der Waals surface area contributed by atoms with E-state index in [0.29, 0.717) is 6.04 Å². The number of fused-ring (bicyclic) bond motifs is 2. The average molecular weight is 136 g/mol. The van der Waals surface area contributed by atoms with E-state index in [0.717, 1.165) is 0 Å². The molecule has 0 aromatic rings. The molecule has 3 rings (SSSR count). The van der Waals surface area contributed by atoms with E-state index in [9.17, 15) is 0 Å². The average Bonchev–Trinajstić information content (AvgIpc) is 2.08. The lowest BCUT2D eigenvalue weighted by atomic mass is 9.79. The number of nitrogens with zero attached hydrogens (tertiary/aromatic N) is 2. The monoisotopic (exact) mass is 136 g/mol. The van der Waals surface area contributed by atoms with Gasteiger partial charge in [-0.15, -0.1) is 6.58 Å². The fraction of sp³-hybridized carbons (Fsp3) is 0.750. The molecule has 0 N–H and O–H groups in total. The molecule has 2 bridgehead atoms. The van der Waals surface area contributed by atoms with Gasteiger partial charge >= 0.3 is 0 Å². The van der Waals surface area contributed by atoms with Gasteiger partial charge in [0, 0.05) is 0 Å². The molecule has 2 aliphatic heterocycles. The van der Waals surface area contributed by atoms with E-state index in [1.165, 1.54) is 25.7 Å². The third-order valence-electron chi connectivity index (χ3n) is 2.62. The molecule has 2 heteroatoms. The van der Waals surface area contributed by atoms with Crippen LogP contribution >= 0.6 is 0 Å². The van der Waals surface area contributed by atoms with E-state index in [2.05, 4.69) is 16.8 Å². The minimum Gasteiger partial charge on any atom is -0.190 e. The van der Waals surface area contributed by atoms with E-state index in [-0.39, 0.29) is 5.54 Å². The maximum Gasteiger partial charge on any atom is 0.0994 e. The Morgan fingerprint density at radius 3 is 2.40 bits per heavy atom. The molecule has 0 saturated heterocycles. The molecule has 1 saturated carbocycles. The van der Waals surface area contributed by atoms with E-state index >= 15 is 0 Å². The second-order valence-corrected chi connectivity index (χ2v) is 3.25.